The summed E-state index contributed by atoms with van der Waals surface area (Å²) in [5.41, 5.74) is 0.804. The quantitative estimate of drug-likeness (QED) is 0.323. The zero-order chi connectivity index (χ0) is 24.0. The van der Waals surface area contributed by atoms with Crippen LogP contribution < -0.4 is 14.7 Å². The van der Waals surface area contributed by atoms with Gasteiger partial charge in [0.2, 0.25) is 5.78 Å². The van der Waals surface area contributed by atoms with Crippen LogP contribution in [-0.2, 0) is 9.59 Å². The number of halogens is 1. The summed E-state index contributed by atoms with van der Waals surface area (Å²) in [6.45, 7) is 9.75. The van der Waals surface area contributed by atoms with E-state index in [0.717, 1.165) is 26.1 Å². The van der Waals surface area contributed by atoms with E-state index in [1.54, 1.807) is 36.7 Å². The van der Waals surface area contributed by atoms with Gasteiger partial charge in [0.1, 0.15) is 5.75 Å². The van der Waals surface area contributed by atoms with Gasteiger partial charge in [0.05, 0.1) is 37.3 Å². The maximum Gasteiger partial charge on any atom is 0.295 e. The lowest BCUT2D eigenvalue weighted by Crippen LogP contribution is -3.11. The Balaban J connectivity index is 2.01. The summed E-state index contributed by atoms with van der Waals surface area (Å²) >= 11 is 6.27. The molecule has 1 N–H and O–H groups in total. The minimum Gasteiger partial charge on any atom is -0.872 e. The van der Waals surface area contributed by atoms with Gasteiger partial charge in [0.15, 0.2) is 0 Å². The first-order chi connectivity index (χ1) is 15.9. The maximum atomic E-state index is 13.5. The Labute approximate surface area is 199 Å². The number of rotatable bonds is 10. The van der Waals surface area contributed by atoms with Gasteiger partial charge in [-0.2, -0.15) is 0 Å². The largest absolute Gasteiger partial charge is 0.872 e. The minimum atomic E-state index is -0.775. The fourth-order valence-electron chi connectivity index (χ4n) is 4.16. The molecule has 8 heteroatoms. The number of pyridine rings is 1. The lowest BCUT2D eigenvalue weighted by Gasteiger charge is -2.28. The smallest absolute Gasteiger partial charge is 0.295 e. The Morgan fingerprint density at radius 2 is 1.97 bits per heavy atom. The summed E-state index contributed by atoms with van der Waals surface area (Å²) < 4.78 is 5.43. The number of nitrogens with one attached hydrogen (secondary N) is 1. The van der Waals surface area contributed by atoms with Gasteiger partial charge >= 0.3 is 0 Å². The van der Waals surface area contributed by atoms with Crippen LogP contribution in [0.5, 0.6) is 5.75 Å². The molecule has 1 aliphatic heterocycles. The Kier molecular flexibility index (Phi) is 8.47. The SMILES string of the molecule is CCOc1ccc(/C([O-])=C2\C(=O)C(=O)N(CCC[NH+](CC)CC)C2c2cccnc2)cc1Cl. The van der Waals surface area contributed by atoms with E-state index >= 15 is 0 Å². The number of Topliss-reactive ketones (excluding diaryl/α,β-unsaturated/α-hetero) is 1. The minimum absolute atomic E-state index is 0.0663. The summed E-state index contributed by atoms with van der Waals surface area (Å²) in [7, 11) is 0. The fourth-order valence-corrected chi connectivity index (χ4v) is 4.39. The number of hydrogen-bond acceptors (Lipinski definition) is 5. The van der Waals surface area contributed by atoms with E-state index < -0.39 is 23.5 Å². The van der Waals surface area contributed by atoms with Crippen LogP contribution >= 0.6 is 11.6 Å². The molecule has 1 aromatic carbocycles. The second kappa shape index (κ2) is 11.3. The molecule has 1 aliphatic rings. The standard InChI is InChI=1S/C25H30ClN3O4/c1-4-28(5-2)13-8-14-29-22(18-9-7-12-27-16-18)21(24(31)25(29)32)23(30)17-10-11-20(33-6-3)19(26)15-17/h7,9-12,15-16,22,30H,4-6,8,13-14H2,1-3H3/b23-21+. The molecule has 0 radical (unpaired) electrons. The monoisotopic (exact) mass is 471 g/mol. The molecule has 0 bridgehead atoms. The van der Waals surface area contributed by atoms with Crippen LogP contribution in [0, 0.1) is 0 Å². The summed E-state index contributed by atoms with van der Waals surface area (Å²) in [4.78, 5) is 33.1. The van der Waals surface area contributed by atoms with Crippen LogP contribution in [0.3, 0.4) is 0 Å². The molecule has 2 aromatic rings. The van der Waals surface area contributed by atoms with Crippen molar-refractivity contribution < 1.29 is 24.3 Å². The van der Waals surface area contributed by atoms with Gasteiger partial charge in [-0.25, -0.2) is 0 Å². The second-order valence-electron chi connectivity index (χ2n) is 7.90. The van der Waals surface area contributed by atoms with Crippen molar-refractivity contribution in [3.8, 4) is 5.75 Å². The van der Waals surface area contributed by atoms with Crippen molar-refractivity contribution in [1.29, 1.82) is 0 Å². The lowest BCUT2D eigenvalue weighted by atomic mass is 9.96. The first-order valence-electron chi connectivity index (χ1n) is 11.3. The highest BCUT2D eigenvalue weighted by atomic mass is 35.5. The summed E-state index contributed by atoms with van der Waals surface area (Å²) in [6, 6.07) is 7.39. The molecular weight excluding hydrogens is 442 g/mol. The van der Waals surface area contributed by atoms with Crippen LogP contribution in [0.2, 0.25) is 5.02 Å². The molecule has 2 heterocycles. The van der Waals surface area contributed by atoms with Gasteiger partial charge in [-0.05, 0) is 50.1 Å². The van der Waals surface area contributed by atoms with Crippen molar-refractivity contribution in [3.05, 3.63) is 64.4 Å². The summed E-state index contributed by atoms with van der Waals surface area (Å²) in [5.74, 6) is -1.48. The van der Waals surface area contributed by atoms with Crippen molar-refractivity contribution in [2.24, 2.45) is 0 Å². The molecule has 1 amide bonds. The van der Waals surface area contributed by atoms with Crippen molar-refractivity contribution in [3.63, 3.8) is 0 Å². The number of amides is 1. The molecule has 1 unspecified atom stereocenters. The molecule has 1 saturated heterocycles. The molecule has 33 heavy (non-hydrogen) atoms. The highest BCUT2D eigenvalue weighted by Gasteiger charge is 2.44. The van der Waals surface area contributed by atoms with Crippen LogP contribution in [-0.4, -0.2) is 54.4 Å². The van der Waals surface area contributed by atoms with E-state index in [4.69, 9.17) is 16.3 Å². The van der Waals surface area contributed by atoms with Crippen molar-refractivity contribution in [2.45, 2.75) is 33.2 Å². The number of nitrogens with zero attached hydrogens (tertiary/aromatic N) is 2. The average Bonchev–Trinajstić information content (AvgIpc) is 3.08. The van der Waals surface area contributed by atoms with Crippen LogP contribution in [0.4, 0.5) is 0 Å². The highest BCUT2D eigenvalue weighted by Crippen LogP contribution is 2.39. The lowest BCUT2D eigenvalue weighted by molar-refractivity contribution is -0.896. The van der Waals surface area contributed by atoms with Crippen molar-refractivity contribution >= 4 is 29.1 Å². The normalized spacial score (nSPS) is 17.7. The van der Waals surface area contributed by atoms with Crippen LogP contribution in [0.15, 0.2) is 48.3 Å². The molecule has 176 valence electrons. The second-order valence-corrected chi connectivity index (χ2v) is 8.31. The van der Waals surface area contributed by atoms with E-state index in [9.17, 15) is 14.7 Å². The number of aromatic nitrogens is 1. The molecular formula is C25H30ClN3O4. The number of carbonyl (C=O) groups excluding carboxylic acids is 2. The number of benzene rings is 1. The van der Waals surface area contributed by atoms with Gasteiger partial charge in [-0.3, -0.25) is 14.6 Å². The number of likely N-dealkylation sites (tertiary alicyclic amines) is 1. The summed E-state index contributed by atoms with van der Waals surface area (Å²) in [6.07, 6.45) is 3.94. The topological polar surface area (TPSA) is 87.0 Å². The molecule has 3 rings (SSSR count). The van der Waals surface area contributed by atoms with Gasteiger partial charge in [-0.1, -0.05) is 29.5 Å². The predicted octanol–water partition coefficient (Wildman–Crippen LogP) is 1.67. The van der Waals surface area contributed by atoms with E-state index in [0.29, 0.717) is 24.5 Å². The number of hydrogen-bond donors (Lipinski definition) is 1. The fraction of sp³-hybridized carbons (Fsp3) is 0.400. The molecule has 0 saturated carbocycles. The average molecular weight is 472 g/mol. The van der Waals surface area contributed by atoms with E-state index in [1.165, 1.54) is 15.9 Å². The Hall–Kier alpha value is -2.90. The number of ketones is 1. The van der Waals surface area contributed by atoms with Gasteiger partial charge in [-0.15, -0.1) is 0 Å². The Bertz CT molecular complexity index is 1020. The van der Waals surface area contributed by atoms with Crippen LogP contribution in [0.25, 0.3) is 5.76 Å². The van der Waals surface area contributed by atoms with Crippen molar-refractivity contribution in [1.82, 2.24) is 9.88 Å². The Morgan fingerprint density at radius 3 is 2.58 bits per heavy atom. The number of ether oxygens (including phenoxy) is 1. The van der Waals surface area contributed by atoms with E-state index in [2.05, 4.69) is 18.8 Å². The third kappa shape index (κ3) is 5.37. The van der Waals surface area contributed by atoms with Gasteiger partial charge < -0.3 is 19.6 Å². The molecule has 7 nitrogen and oxygen atoms in total. The Morgan fingerprint density at radius 1 is 1.21 bits per heavy atom. The zero-order valence-electron chi connectivity index (χ0n) is 19.3. The molecule has 0 aliphatic carbocycles. The van der Waals surface area contributed by atoms with Crippen LogP contribution in [0.1, 0.15) is 44.4 Å². The van der Waals surface area contributed by atoms with E-state index in [1.807, 2.05) is 6.92 Å². The molecule has 1 aromatic heterocycles. The number of carbonyl (C=O) groups is 2. The first kappa shape index (κ1) is 24.7. The predicted molar refractivity (Wildman–Crippen MR) is 125 cm³/mol. The highest BCUT2D eigenvalue weighted by molar-refractivity contribution is 6.46. The first-order valence-corrected chi connectivity index (χ1v) is 11.7. The van der Waals surface area contributed by atoms with E-state index in [-0.39, 0.29) is 16.2 Å². The van der Waals surface area contributed by atoms with Gasteiger partial charge in [0, 0.05) is 30.9 Å². The van der Waals surface area contributed by atoms with Crippen molar-refractivity contribution in [2.75, 3.05) is 32.8 Å². The summed E-state index contributed by atoms with van der Waals surface area (Å²) in [5, 5.41) is 13.7. The number of quaternary nitrogens is 1. The maximum absolute atomic E-state index is 13.5. The van der Waals surface area contributed by atoms with Gasteiger partial charge in [0.25, 0.3) is 5.91 Å². The molecule has 1 atom stereocenters. The zero-order valence-corrected chi connectivity index (χ0v) is 20.0. The molecule has 1 fully saturated rings. The molecule has 0 spiro atoms. The third-order valence-corrected chi connectivity index (χ3v) is 6.25. The third-order valence-electron chi connectivity index (χ3n) is 5.95.